The van der Waals surface area contributed by atoms with E-state index >= 15 is 0 Å². The van der Waals surface area contributed by atoms with E-state index in [2.05, 4.69) is 16.9 Å². The highest BCUT2D eigenvalue weighted by Crippen LogP contribution is 2.53. The Kier molecular flexibility index (Phi) is 1.67. The summed E-state index contributed by atoms with van der Waals surface area (Å²) in [7, 11) is 0. The molecule has 1 aliphatic carbocycles. The fourth-order valence-corrected chi connectivity index (χ4v) is 2.64. The lowest BCUT2D eigenvalue weighted by molar-refractivity contribution is 0.314. The maximum atomic E-state index is 14.2. The third-order valence-electron chi connectivity index (χ3n) is 3.53. The molecule has 2 aliphatic rings. The number of nitrogens with one attached hydrogen (secondary N) is 2. The van der Waals surface area contributed by atoms with Gasteiger partial charge >= 0.3 is 0 Å². The minimum Gasteiger partial charge on any atom is -0.321 e. The summed E-state index contributed by atoms with van der Waals surface area (Å²) in [5, 5.41) is 0. The van der Waals surface area contributed by atoms with Gasteiger partial charge in [0.1, 0.15) is 5.67 Å². The maximum absolute atomic E-state index is 14.2. The van der Waals surface area contributed by atoms with Crippen LogP contribution in [-0.4, -0.2) is 0 Å². The Bertz CT molecular complexity index is 436. The van der Waals surface area contributed by atoms with Crippen LogP contribution in [0.2, 0.25) is 0 Å². The van der Waals surface area contributed by atoms with Crippen LogP contribution in [0.3, 0.4) is 0 Å². The largest absolute Gasteiger partial charge is 0.321 e. The van der Waals surface area contributed by atoms with Gasteiger partial charge < -0.3 is 5.43 Å². The molecule has 1 aliphatic heterocycles. The quantitative estimate of drug-likeness (QED) is 0.738. The van der Waals surface area contributed by atoms with Gasteiger partial charge in [0.25, 0.3) is 0 Å². The Morgan fingerprint density at radius 1 is 1.33 bits per heavy atom. The number of rotatable bonds is 1. The summed E-state index contributed by atoms with van der Waals surface area (Å²) in [5.41, 5.74) is 10.6. The van der Waals surface area contributed by atoms with Gasteiger partial charge in [0.05, 0.1) is 5.69 Å². The lowest BCUT2D eigenvalue weighted by Crippen LogP contribution is -2.10. The number of benzene rings is 1. The van der Waals surface area contributed by atoms with E-state index in [-0.39, 0.29) is 0 Å². The molecule has 0 saturated heterocycles. The highest BCUT2D eigenvalue weighted by atomic mass is 19.1. The molecule has 0 bridgehead atoms. The summed E-state index contributed by atoms with van der Waals surface area (Å²) in [6, 6.07) is 2.05. The first-order valence-corrected chi connectivity index (χ1v) is 5.43. The van der Waals surface area contributed by atoms with Crippen LogP contribution in [0.1, 0.15) is 35.1 Å². The molecule has 1 saturated carbocycles. The van der Waals surface area contributed by atoms with Crippen LogP contribution in [-0.2, 0) is 12.2 Å². The number of hydrogen-bond acceptors (Lipinski definition) is 2. The maximum Gasteiger partial charge on any atom is 0.136 e. The van der Waals surface area contributed by atoms with E-state index in [1.807, 2.05) is 13.8 Å². The molecule has 0 spiro atoms. The van der Waals surface area contributed by atoms with Gasteiger partial charge in [0.2, 0.25) is 0 Å². The fourth-order valence-electron chi connectivity index (χ4n) is 2.64. The first kappa shape index (κ1) is 9.16. The Morgan fingerprint density at radius 3 is 2.73 bits per heavy atom. The first-order valence-electron chi connectivity index (χ1n) is 5.43. The summed E-state index contributed by atoms with van der Waals surface area (Å²) in [6.07, 6.45) is 1.38. The summed E-state index contributed by atoms with van der Waals surface area (Å²) < 4.78 is 14.2. The van der Waals surface area contributed by atoms with Gasteiger partial charge in [-0.1, -0.05) is 0 Å². The van der Waals surface area contributed by atoms with Gasteiger partial charge in [-0.15, -0.1) is 0 Å². The van der Waals surface area contributed by atoms with Gasteiger partial charge in [-0.2, -0.15) is 0 Å². The predicted octanol–water partition coefficient (Wildman–Crippen LogP) is 2.69. The molecular formula is C12H15FN2. The molecule has 1 fully saturated rings. The van der Waals surface area contributed by atoms with E-state index in [1.165, 1.54) is 5.56 Å². The topological polar surface area (TPSA) is 24.1 Å². The number of hydrogen-bond donors (Lipinski definition) is 2. The zero-order chi connectivity index (χ0) is 10.6. The highest BCUT2D eigenvalue weighted by molar-refractivity contribution is 5.63. The van der Waals surface area contributed by atoms with Crippen molar-refractivity contribution in [3.63, 3.8) is 0 Å². The van der Waals surface area contributed by atoms with Crippen LogP contribution < -0.4 is 10.9 Å². The molecule has 2 N–H and O–H groups in total. The van der Waals surface area contributed by atoms with Crippen LogP contribution in [0.15, 0.2) is 6.07 Å². The van der Waals surface area contributed by atoms with Crippen molar-refractivity contribution in [3.8, 4) is 0 Å². The van der Waals surface area contributed by atoms with Crippen molar-refractivity contribution >= 4 is 5.69 Å². The van der Waals surface area contributed by atoms with E-state index in [0.717, 1.165) is 28.9 Å². The van der Waals surface area contributed by atoms with Gasteiger partial charge in [-0.25, -0.2) is 9.82 Å². The number of halogens is 1. The molecule has 0 atom stereocenters. The molecule has 0 radical (unpaired) electrons. The van der Waals surface area contributed by atoms with Crippen molar-refractivity contribution in [1.82, 2.24) is 5.43 Å². The Balaban J connectivity index is 2.22. The monoisotopic (exact) mass is 206 g/mol. The molecule has 0 unspecified atom stereocenters. The number of hydrazine groups is 1. The zero-order valence-electron chi connectivity index (χ0n) is 9.08. The van der Waals surface area contributed by atoms with Gasteiger partial charge in [0, 0.05) is 6.54 Å². The smallest absolute Gasteiger partial charge is 0.136 e. The second-order valence-corrected chi connectivity index (χ2v) is 4.66. The van der Waals surface area contributed by atoms with E-state index in [1.54, 1.807) is 0 Å². The summed E-state index contributed by atoms with van der Waals surface area (Å²) >= 11 is 0. The molecule has 0 aromatic heterocycles. The van der Waals surface area contributed by atoms with Crippen LogP contribution in [0.4, 0.5) is 10.1 Å². The molecule has 2 nitrogen and oxygen atoms in total. The lowest BCUT2D eigenvalue weighted by atomic mass is 9.92. The van der Waals surface area contributed by atoms with Gasteiger partial charge in [0.15, 0.2) is 0 Å². The molecule has 3 heteroatoms. The molecule has 15 heavy (non-hydrogen) atoms. The van der Waals surface area contributed by atoms with E-state index < -0.39 is 5.67 Å². The minimum atomic E-state index is -1.02. The Morgan fingerprint density at radius 2 is 2.07 bits per heavy atom. The number of fused-ring (bicyclic) bond motifs is 1. The summed E-state index contributed by atoms with van der Waals surface area (Å²) in [5.74, 6) is 0. The summed E-state index contributed by atoms with van der Waals surface area (Å²) in [4.78, 5) is 0. The highest BCUT2D eigenvalue weighted by Gasteiger charge is 2.47. The van der Waals surface area contributed by atoms with Crippen LogP contribution >= 0.6 is 0 Å². The zero-order valence-corrected chi connectivity index (χ0v) is 9.08. The van der Waals surface area contributed by atoms with Crippen LogP contribution in [0.25, 0.3) is 0 Å². The average molecular weight is 206 g/mol. The molecule has 1 heterocycles. The molecule has 1 aromatic rings. The molecule has 80 valence electrons. The van der Waals surface area contributed by atoms with Crippen molar-refractivity contribution in [2.75, 3.05) is 5.43 Å². The average Bonchev–Trinajstić information content (AvgIpc) is 2.75. The lowest BCUT2D eigenvalue weighted by Gasteiger charge is -2.16. The molecule has 1 aromatic carbocycles. The SMILES string of the molecule is Cc1cc2c(c(C)c1C1(F)CC1)CNN2. The van der Waals surface area contributed by atoms with Crippen molar-refractivity contribution in [1.29, 1.82) is 0 Å². The molecule has 3 rings (SSSR count). The van der Waals surface area contributed by atoms with Crippen LogP contribution in [0.5, 0.6) is 0 Å². The minimum absolute atomic E-state index is 0.689. The fraction of sp³-hybridized carbons (Fsp3) is 0.500. The Hall–Kier alpha value is -1.09. The van der Waals surface area contributed by atoms with E-state index in [0.29, 0.717) is 12.8 Å². The normalized spacial score (nSPS) is 21.0. The van der Waals surface area contributed by atoms with Crippen LogP contribution in [0, 0.1) is 13.8 Å². The standard InChI is InChI=1S/C12H15FN2/c1-7-5-10-9(6-14-15-10)8(2)11(7)12(13)3-4-12/h5,14-15H,3-4,6H2,1-2H3. The van der Waals surface area contributed by atoms with E-state index in [4.69, 9.17) is 0 Å². The molecule has 0 amide bonds. The first-order chi connectivity index (χ1) is 7.12. The van der Waals surface area contributed by atoms with Gasteiger partial charge in [-0.3, -0.25) is 0 Å². The second-order valence-electron chi connectivity index (χ2n) is 4.66. The third kappa shape index (κ3) is 1.19. The van der Waals surface area contributed by atoms with Gasteiger partial charge in [-0.05, 0) is 55.0 Å². The van der Waals surface area contributed by atoms with Crippen molar-refractivity contribution < 1.29 is 4.39 Å². The number of aryl methyl sites for hydroxylation is 1. The summed E-state index contributed by atoms with van der Waals surface area (Å²) in [6.45, 7) is 4.84. The van der Waals surface area contributed by atoms with E-state index in [9.17, 15) is 4.39 Å². The Labute approximate surface area is 88.8 Å². The second kappa shape index (κ2) is 2.73. The van der Waals surface area contributed by atoms with Crippen molar-refractivity contribution in [3.05, 3.63) is 28.3 Å². The van der Waals surface area contributed by atoms with Crippen molar-refractivity contribution in [2.24, 2.45) is 0 Å². The third-order valence-corrected chi connectivity index (χ3v) is 3.53. The van der Waals surface area contributed by atoms with Crippen molar-refractivity contribution in [2.45, 2.75) is 38.9 Å². The number of alkyl halides is 1. The molecular weight excluding hydrogens is 191 g/mol. The number of anilines is 1. The predicted molar refractivity (Wildman–Crippen MR) is 58.4 cm³/mol.